The molecule has 0 atom stereocenters. The number of aromatic nitrogens is 1. The maximum Gasteiger partial charge on any atom is 0.248 e. The summed E-state index contributed by atoms with van der Waals surface area (Å²) >= 11 is 6.56. The third kappa shape index (κ3) is 3.45. The van der Waals surface area contributed by atoms with Crippen LogP contribution in [-0.4, -0.2) is 23.1 Å². The molecule has 2 aromatic carbocycles. The van der Waals surface area contributed by atoms with E-state index in [-0.39, 0.29) is 18.5 Å². The second-order valence-corrected chi connectivity index (χ2v) is 8.60. The first kappa shape index (κ1) is 19.9. The fraction of sp³-hybridized carbons (Fsp3) is 0.333. The molecule has 0 unspecified atom stereocenters. The largest absolute Gasteiger partial charge is 0.454 e. The van der Waals surface area contributed by atoms with Gasteiger partial charge in [-0.15, -0.1) is 0 Å². The fourth-order valence-corrected chi connectivity index (χ4v) is 4.52. The lowest BCUT2D eigenvalue weighted by Crippen LogP contribution is -2.11. The predicted octanol–water partition coefficient (Wildman–Crippen LogP) is 4.72. The van der Waals surface area contributed by atoms with E-state index in [1.807, 2.05) is 12.1 Å². The summed E-state index contributed by atoms with van der Waals surface area (Å²) in [5.74, 6) is 1.07. The van der Waals surface area contributed by atoms with Crippen molar-refractivity contribution in [1.29, 1.82) is 0 Å². The molecule has 31 heavy (non-hydrogen) atoms. The number of nitrogens with two attached hydrogens (primary N) is 1. The average Bonchev–Trinajstić information content (AvgIpc) is 3.44. The Balaban J connectivity index is 1.71. The number of amides is 1. The summed E-state index contributed by atoms with van der Waals surface area (Å²) in [6.07, 6.45) is 3.50. The lowest BCUT2D eigenvalue weighted by atomic mass is 10.0. The molecule has 1 aromatic heterocycles. The van der Waals surface area contributed by atoms with Crippen LogP contribution in [-0.2, 0) is 13.0 Å². The Hall–Kier alpha value is -2.99. The van der Waals surface area contributed by atoms with E-state index < -0.39 is 5.91 Å². The standard InChI is InChI=1S/C24H23ClN2O4/c1-2-3-18-22(23(28)13-4-5-13)16-7-6-14(24(26)29)8-19(16)27(18)11-15-9-20-21(10-17(15)25)31-12-30-20/h6-10,13H,2-5,11-12H2,1H3,(H2,26,29). The number of ether oxygens (including phenoxy) is 2. The van der Waals surface area contributed by atoms with E-state index in [4.69, 9.17) is 26.8 Å². The van der Waals surface area contributed by atoms with Crippen LogP contribution in [0.2, 0.25) is 5.02 Å². The highest BCUT2D eigenvalue weighted by molar-refractivity contribution is 6.31. The van der Waals surface area contributed by atoms with Crippen LogP contribution < -0.4 is 15.2 Å². The minimum Gasteiger partial charge on any atom is -0.454 e. The van der Waals surface area contributed by atoms with Crippen molar-refractivity contribution in [1.82, 2.24) is 4.57 Å². The highest BCUT2D eigenvalue weighted by Gasteiger charge is 2.34. The first-order valence-electron chi connectivity index (χ1n) is 10.5. The lowest BCUT2D eigenvalue weighted by Gasteiger charge is -2.14. The quantitative estimate of drug-likeness (QED) is 0.541. The summed E-state index contributed by atoms with van der Waals surface area (Å²) in [6, 6.07) is 8.97. The van der Waals surface area contributed by atoms with E-state index >= 15 is 0 Å². The number of Topliss-reactive ketones (excluding diaryl/α,β-unsaturated/α-hetero) is 1. The van der Waals surface area contributed by atoms with Gasteiger partial charge in [0.2, 0.25) is 12.7 Å². The van der Waals surface area contributed by atoms with E-state index in [0.29, 0.717) is 28.6 Å². The molecule has 0 spiro atoms. The number of fused-ring (bicyclic) bond motifs is 2. The molecular formula is C24H23ClN2O4. The number of rotatable bonds is 7. The van der Waals surface area contributed by atoms with Crippen molar-refractivity contribution in [3.05, 3.63) is 57.7 Å². The van der Waals surface area contributed by atoms with E-state index in [9.17, 15) is 9.59 Å². The number of carbonyl (C=O) groups excluding carboxylic acids is 2. The van der Waals surface area contributed by atoms with Crippen molar-refractivity contribution < 1.29 is 19.1 Å². The molecule has 1 aliphatic heterocycles. The molecular weight excluding hydrogens is 416 g/mol. The summed E-state index contributed by atoms with van der Waals surface area (Å²) in [4.78, 5) is 25.1. The molecule has 1 fully saturated rings. The van der Waals surface area contributed by atoms with E-state index in [1.165, 1.54) is 0 Å². The van der Waals surface area contributed by atoms with Crippen molar-refractivity contribution in [2.45, 2.75) is 39.2 Å². The van der Waals surface area contributed by atoms with Gasteiger partial charge in [0.25, 0.3) is 0 Å². The molecule has 2 heterocycles. The summed E-state index contributed by atoms with van der Waals surface area (Å²) in [5.41, 5.74) is 9.38. The number of primary amides is 1. The second kappa shape index (κ2) is 7.61. The van der Waals surface area contributed by atoms with Gasteiger partial charge in [0.1, 0.15) is 0 Å². The van der Waals surface area contributed by atoms with Gasteiger partial charge in [-0.1, -0.05) is 31.0 Å². The smallest absolute Gasteiger partial charge is 0.248 e. The summed E-state index contributed by atoms with van der Waals surface area (Å²) in [5, 5.41) is 1.43. The Labute approximate surface area is 184 Å². The van der Waals surface area contributed by atoms with Crippen molar-refractivity contribution in [3.8, 4) is 11.5 Å². The zero-order valence-electron chi connectivity index (χ0n) is 17.2. The van der Waals surface area contributed by atoms with E-state index in [0.717, 1.165) is 53.4 Å². The number of halogens is 1. The summed E-state index contributed by atoms with van der Waals surface area (Å²) < 4.78 is 13.0. The van der Waals surface area contributed by atoms with Crippen LogP contribution in [0.5, 0.6) is 11.5 Å². The van der Waals surface area contributed by atoms with E-state index in [1.54, 1.807) is 18.2 Å². The molecule has 2 N–H and O–H groups in total. The minimum atomic E-state index is -0.497. The molecule has 3 aromatic rings. The Morgan fingerprint density at radius 1 is 1.16 bits per heavy atom. The van der Waals surface area contributed by atoms with Gasteiger partial charge >= 0.3 is 0 Å². The molecule has 2 aliphatic rings. The first-order chi connectivity index (χ1) is 15.0. The van der Waals surface area contributed by atoms with Crippen molar-refractivity contribution >= 4 is 34.2 Å². The summed E-state index contributed by atoms with van der Waals surface area (Å²) in [7, 11) is 0. The van der Waals surface area contributed by atoms with Crippen molar-refractivity contribution in [3.63, 3.8) is 0 Å². The van der Waals surface area contributed by atoms with Gasteiger partial charge in [-0.3, -0.25) is 9.59 Å². The van der Waals surface area contributed by atoms with Gasteiger partial charge in [0, 0.05) is 45.8 Å². The van der Waals surface area contributed by atoms with Gasteiger partial charge in [-0.05, 0) is 43.0 Å². The first-order valence-corrected chi connectivity index (χ1v) is 10.9. The number of hydrogen-bond acceptors (Lipinski definition) is 4. The van der Waals surface area contributed by atoms with Crippen molar-refractivity contribution in [2.24, 2.45) is 11.7 Å². The number of ketones is 1. The Bertz CT molecular complexity index is 1230. The monoisotopic (exact) mass is 438 g/mol. The molecule has 1 saturated carbocycles. The second-order valence-electron chi connectivity index (χ2n) is 8.19. The normalized spacial score (nSPS) is 14.9. The SMILES string of the molecule is CCCc1c(C(=O)C2CC2)c2ccc(C(N)=O)cc2n1Cc1cc2c(cc1Cl)OCO2. The third-order valence-electron chi connectivity index (χ3n) is 6.01. The van der Waals surface area contributed by atoms with Crippen LogP contribution >= 0.6 is 11.6 Å². The highest BCUT2D eigenvalue weighted by atomic mass is 35.5. The Morgan fingerprint density at radius 2 is 1.90 bits per heavy atom. The predicted molar refractivity (Wildman–Crippen MR) is 118 cm³/mol. The molecule has 0 saturated heterocycles. The van der Waals surface area contributed by atoms with Gasteiger partial charge in [-0.25, -0.2) is 0 Å². The zero-order valence-corrected chi connectivity index (χ0v) is 18.0. The lowest BCUT2D eigenvalue weighted by molar-refractivity contribution is 0.0966. The van der Waals surface area contributed by atoms with Crippen LogP contribution in [0.1, 0.15) is 58.2 Å². The van der Waals surface area contributed by atoms with Gasteiger partial charge < -0.3 is 19.8 Å². The molecule has 5 rings (SSSR count). The van der Waals surface area contributed by atoms with Crippen LogP contribution in [0.25, 0.3) is 10.9 Å². The van der Waals surface area contributed by atoms with Gasteiger partial charge in [0.15, 0.2) is 17.3 Å². The van der Waals surface area contributed by atoms with Crippen molar-refractivity contribution in [2.75, 3.05) is 6.79 Å². The maximum absolute atomic E-state index is 13.3. The molecule has 1 aliphatic carbocycles. The van der Waals surface area contributed by atoms with Crippen LogP contribution in [0.15, 0.2) is 30.3 Å². The Morgan fingerprint density at radius 3 is 2.58 bits per heavy atom. The zero-order chi connectivity index (χ0) is 21.7. The summed E-state index contributed by atoms with van der Waals surface area (Å²) in [6.45, 7) is 2.71. The molecule has 1 amide bonds. The number of nitrogens with zero attached hydrogens (tertiary/aromatic N) is 1. The highest BCUT2D eigenvalue weighted by Crippen LogP contribution is 2.40. The minimum absolute atomic E-state index is 0.0969. The van der Waals surface area contributed by atoms with E-state index in [2.05, 4.69) is 11.5 Å². The number of carbonyl (C=O) groups is 2. The number of hydrogen-bond donors (Lipinski definition) is 1. The average molecular weight is 439 g/mol. The Kier molecular flexibility index (Phi) is 4.89. The van der Waals surface area contributed by atoms with Crippen LogP contribution in [0.3, 0.4) is 0 Å². The topological polar surface area (TPSA) is 83.6 Å². The van der Waals surface area contributed by atoms with Crippen LogP contribution in [0.4, 0.5) is 0 Å². The van der Waals surface area contributed by atoms with Gasteiger partial charge in [-0.2, -0.15) is 0 Å². The molecule has 160 valence electrons. The van der Waals surface area contributed by atoms with Gasteiger partial charge in [0.05, 0.1) is 5.52 Å². The number of benzene rings is 2. The molecule has 7 heteroatoms. The van der Waals surface area contributed by atoms with Crippen LogP contribution in [0, 0.1) is 5.92 Å². The third-order valence-corrected chi connectivity index (χ3v) is 6.36. The molecule has 0 radical (unpaired) electrons. The maximum atomic E-state index is 13.3. The molecule has 0 bridgehead atoms. The fourth-order valence-electron chi connectivity index (χ4n) is 4.31. The molecule has 6 nitrogen and oxygen atoms in total.